The molecule has 5 nitrogen and oxygen atoms in total. The number of hydrogen-bond donors (Lipinski definition) is 3. The van der Waals surface area contributed by atoms with Crippen LogP contribution in [0.1, 0.15) is 29.6 Å². The zero-order valence-electron chi connectivity index (χ0n) is 10.7. The van der Waals surface area contributed by atoms with E-state index in [4.69, 9.17) is 5.11 Å². The minimum absolute atomic E-state index is 0.150. The second-order valence-electron chi connectivity index (χ2n) is 4.58. The smallest absolute Gasteiger partial charge is 0.335 e. The number of hydrogen-bond acceptors (Lipinski definition) is 2. The monoisotopic (exact) mass is 338 g/mol. The maximum absolute atomic E-state index is 11.9. The van der Waals surface area contributed by atoms with E-state index in [1.807, 2.05) is 0 Å². The fraction of sp³-hybridized carbons (Fsp3) is 0.286. The van der Waals surface area contributed by atoms with Crippen molar-refractivity contribution in [3.05, 3.63) is 40.4 Å². The first-order chi connectivity index (χ1) is 9.56. The molecular weight excluding hydrogens is 324 g/mol. The summed E-state index contributed by atoms with van der Waals surface area (Å²) >= 11 is 3.25. The Balaban J connectivity index is 1.97. The lowest BCUT2D eigenvalue weighted by Crippen LogP contribution is -2.38. The molecule has 2 amide bonds. The van der Waals surface area contributed by atoms with Crippen molar-refractivity contribution in [3.63, 3.8) is 0 Å². The van der Waals surface area contributed by atoms with Crippen molar-refractivity contribution < 1.29 is 14.7 Å². The second kappa shape index (κ2) is 6.56. The fourth-order valence-electron chi connectivity index (χ4n) is 2.02. The lowest BCUT2D eigenvalue weighted by Gasteiger charge is -2.19. The van der Waals surface area contributed by atoms with Crippen LogP contribution in [0, 0.1) is 0 Å². The van der Waals surface area contributed by atoms with Gasteiger partial charge in [0, 0.05) is 10.5 Å². The van der Waals surface area contributed by atoms with Gasteiger partial charge in [-0.05, 0) is 53.4 Å². The topological polar surface area (TPSA) is 78.4 Å². The zero-order valence-corrected chi connectivity index (χ0v) is 12.3. The number of carbonyl (C=O) groups excluding carboxylic acids is 1. The summed E-state index contributed by atoms with van der Waals surface area (Å²) in [5, 5.41) is 14.5. The maximum atomic E-state index is 11.9. The fourth-order valence-corrected chi connectivity index (χ4v) is 2.50. The van der Waals surface area contributed by atoms with Gasteiger partial charge in [0.1, 0.15) is 0 Å². The lowest BCUT2D eigenvalue weighted by molar-refractivity contribution is 0.0697. The number of carboxylic acid groups (broad SMARTS) is 1. The van der Waals surface area contributed by atoms with Crippen LogP contribution in [-0.2, 0) is 0 Å². The predicted molar refractivity (Wildman–Crippen MR) is 80.0 cm³/mol. The van der Waals surface area contributed by atoms with Crippen LogP contribution >= 0.6 is 15.9 Å². The number of nitrogens with one attached hydrogen (secondary N) is 2. The molecule has 1 aliphatic rings. The molecule has 1 unspecified atom stereocenters. The van der Waals surface area contributed by atoms with Crippen LogP contribution in [0.3, 0.4) is 0 Å². The summed E-state index contributed by atoms with van der Waals surface area (Å²) in [6.07, 6.45) is 6.92. The first-order valence-electron chi connectivity index (χ1n) is 6.31. The number of aromatic carboxylic acids is 1. The van der Waals surface area contributed by atoms with Crippen molar-refractivity contribution >= 4 is 33.6 Å². The van der Waals surface area contributed by atoms with E-state index in [1.54, 1.807) is 6.07 Å². The Hall–Kier alpha value is -1.82. The molecule has 0 spiro atoms. The van der Waals surface area contributed by atoms with E-state index >= 15 is 0 Å². The van der Waals surface area contributed by atoms with Gasteiger partial charge in [-0.15, -0.1) is 0 Å². The highest BCUT2D eigenvalue weighted by Gasteiger charge is 2.14. The molecular formula is C14H15BrN2O3. The van der Waals surface area contributed by atoms with Gasteiger partial charge in [0.15, 0.2) is 0 Å². The first kappa shape index (κ1) is 14.6. The number of urea groups is 1. The highest BCUT2D eigenvalue weighted by molar-refractivity contribution is 9.10. The molecule has 6 heteroatoms. The van der Waals surface area contributed by atoms with Crippen molar-refractivity contribution in [3.8, 4) is 0 Å². The molecule has 1 aromatic carbocycles. The Morgan fingerprint density at radius 2 is 2.10 bits per heavy atom. The summed E-state index contributed by atoms with van der Waals surface area (Å²) in [6, 6.07) is 4.34. The molecule has 3 N–H and O–H groups in total. The molecule has 1 aromatic rings. The van der Waals surface area contributed by atoms with Crippen molar-refractivity contribution in [2.75, 3.05) is 5.32 Å². The van der Waals surface area contributed by atoms with E-state index in [-0.39, 0.29) is 17.6 Å². The number of halogens is 1. The lowest BCUT2D eigenvalue weighted by atomic mass is 10.0. The SMILES string of the molecule is O=C(Nc1ccc(C(=O)O)cc1Br)NC1CC=CCC1. The van der Waals surface area contributed by atoms with Crippen LogP contribution in [0.5, 0.6) is 0 Å². The van der Waals surface area contributed by atoms with Gasteiger partial charge < -0.3 is 15.7 Å². The Bertz CT molecular complexity index is 557. The Morgan fingerprint density at radius 1 is 1.30 bits per heavy atom. The molecule has 0 aromatic heterocycles. The van der Waals surface area contributed by atoms with Gasteiger partial charge >= 0.3 is 12.0 Å². The van der Waals surface area contributed by atoms with Crippen LogP contribution in [0.4, 0.5) is 10.5 Å². The minimum atomic E-state index is -1.00. The average Bonchev–Trinajstić information content (AvgIpc) is 2.42. The molecule has 0 bridgehead atoms. The summed E-state index contributed by atoms with van der Waals surface area (Å²) in [5.41, 5.74) is 0.708. The highest BCUT2D eigenvalue weighted by atomic mass is 79.9. The summed E-state index contributed by atoms with van der Waals surface area (Å²) in [5.74, 6) is -1.00. The number of benzene rings is 1. The standard InChI is InChI=1S/C14H15BrN2O3/c15-11-8-9(13(18)19)6-7-12(11)17-14(20)16-10-4-2-1-3-5-10/h1-2,6-8,10H,3-5H2,(H,18,19)(H2,16,17,20). The summed E-state index contributed by atoms with van der Waals surface area (Å²) < 4.78 is 0.538. The number of rotatable bonds is 3. The third-order valence-electron chi connectivity index (χ3n) is 3.07. The largest absolute Gasteiger partial charge is 0.478 e. The van der Waals surface area contributed by atoms with Gasteiger partial charge in [-0.2, -0.15) is 0 Å². The number of amides is 2. The van der Waals surface area contributed by atoms with E-state index in [0.29, 0.717) is 10.2 Å². The maximum Gasteiger partial charge on any atom is 0.335 e. The van der Waals surface area contributed by atoms with E-state index < -0.39 is 5.97 Å². The van der Waals surface area contributed by atoms with Crippen molar-refractivity contribution in [1.29, 1.82) is 0 Å². The minimum Gasteiger partial charge on any atom is -0.478 e. The van der Waals surface area contributed by atoms with Crippen molar-refractivity contribution in [1.82, 2.24) is 5.32 Å². The van der Waals surface area contributed by atoms with Gasteiger partial charge in [0.25, 0.3) is 0 Å². The average molecular weight is 339 g/mol. The van der Waals surface area contributed by atoms with Gasteiger partial charge in [-0.3, -0.25) is 0 Å². The Kier molecular flexibility index (Phi) is 4.79. The highest BCUT2D eigenvalue weighted by Crippen LogP contribution is 2.23. The van der Waals surface area contributed by atoms with Gasteiger partial charge in [0.2, 0.25) is 0 Å². The van der Waals surface area contributed by atoms with E-state index in [1.165, 1.54) is 12.1 Å². The second-order valence-corrected chi connectivity index (χ2v) is 5.43. The molecule has 0 saturated heterocycles. The molecule has 106 valence electrons. The Morgan fingerprint density at radius 3 is 2.70 bits per heavy atom. The summed E-state index contributed by atoms with van der Waals surface area (Å²) in [6.45, 7) is 0. The van der Waals surface area contributed by atoms with E-state index in [0.717, 1.165) is 19.3 Å². The van der Waals surface area contributed by atoms with Gasteiger partial charge in [-0.25, -0.2) is 9.59 Å². The predicted octanol–water partition coefficient (Wildman–Crippen LogP) is 3.38. The molecule has 2 rings (SSSR count). The van der Waals surface area contributed by atoms with Crippen molar-refractivity contribution in [2.24, 2.45) is 0 Å². The first-order valence-corrected chi connectivity index (χ1v) is 7.11. The molecule has 0 fully saturated rings. The number of carboxylic acids is 1. The van der Waals surface area contributed by atoms with Crippen LogP contribution in [0.25, 0.3) is 0 Å². The van der Waals surface area contributed by atoms with Crippen LogP contribution < -0.4 is 10.6 Å². The summed E-state index contributed by atoms with van der Waals surface area (Å²) in [7, 11) is 0. The van der Waals surface area contributed by atoms with Crippen LogP contribution in [0.2, 0.25) is 0 Å². The third kappa shape index (κ3) is 3.84. The molecule has 20 heavy (non-hydrogen) atoms. The number of carbonyl (C=O) groups is 2. The third-order valence-corrected chi connectivity index (χ3v) is 3.72. The van der Waals surface area contributed by atoms with Crippen molar-refractivity contribution in [2.45, 2.75) is 25.3 Å². The summed E-state index contributed by atoms with van der Waals surface area (Å²) in [4.78, 5) is 22.7. The molecule has 0 radical (unpaired) electrons. The van der Waals surface area contributed by atoms with E-state index in [9.17, 15) is 9.59 Å². The molecule has 1 aliphatic carbocycles. The van der Waals surface area contributed by atoms with Gasteiger partial charge in [0.05, 0.1) is 11.3 Å². The van der Waals surface area contributed by atoms with Crippen LogP contribution in [-0.4, -0.2) is 23.1 Å². The zero-order chi connectivity index (χ0) is 14.5. The Labute approximate surface area is 125 Å². The number of anilines is 1. The number of allylic oxidation sites excluding steroid dienone is 1. The molecule has 1 atom stereocenters. The van der Waals surface area contributed by atoms with E-state index in [2.05, 4.69) is 38.7 Å². The van der Waals surface area contributed by atoms with Crippen LogP contribution in [0.15, 0.2) is 34.8 Å². The molecule has 0 saturated carbocycles. The molecule has 0 aliphatic heterocycles. The normalized spacial score (nSPS) is 17.6. The molecule has 0 heterocycles. The quantitative estimate of drug-likeness (QED) is 0.739. The van der Waals surface area contributed by atoms with Gasteiger partial charge in [-0.1, -0.05) is 12.2 Å².